The van der Waals surface area contributed by atoms with Crippen LogP contribution in [0.5, 0.6) is 0 Å². The van der Waals surface area contributed by atoms with E-state index in [9.17, 15) is 14.9 Å². The summed E-state index contributed by atoms with van der Waals surface area (Å²) >= 11 is 5.91. The van der Waals surface area contributed by atoms with Crippen molar-refractivity contribution in [2.45, 2.75) is 6.42 Å². The Morgan fingerprint density at radius 2 is 2.33 bits per heavy atom. The zero-order chi connectivity index (χ0) is 13.3. The van der Waals surface area contributed by atoms with Crippen molar-refractivity contribution in [3.8, 4) is 0 Å². The lowest BCUT2D eigenvalue weighted by molar-refractivity contribution is -0.385. The van der Waals surface area contributed by atoms with Crippen molar-refractivity contribution in [3.05, 3.63) is 27.4 Å². The topological polar surface area (TPSA) is 96.6 Å². The average Bonchev–Trinajstić information content (AvgIpc) is 2.23. The fraction of sp³-hybridized carbons (Fsp3) is 0.400. The zero-order valence-electron chi connectivity index (χ0n) is 9.24. The maximum absolute atomic E-state index is 10.5. The lowest BCUT2D eigenvalue weighted by Gasteiger charge is -2.39. The van der Waals surface area contributed by atoms with Crippen LogP contribution < -0.4 is 4.90 Å². The molecule has 8 heteroatoms. The van der Waals surface area contributed by atoms with E-state index in [0.29, 0.717) is 18.9 Å². The summed E-state index contributed by atoms with van der Waals surface area (Å²) in [5.74, 6) is -0.290. The smallest absolute Gasteiger partial charge is 0.303 e. The second-order valence-electron chi connectivity index (χ2n) is 4.12. The minimum atomic E-state index is -0.831. The molecule has 1 aromatic rings. The molecular weight excluding hydrogens is 262 g/mol. The molecule has 1 aromatic heterocycles. The largest absolute Gasteiger partial charge is 0.481 e. The van der Waals surface area contributed by atoms with Crippen molar-refractivity contribution in [3.63, 3.8) is 0 Å². The summed E-state index contributed by atoms with van der Waals surface area (Å²) in [5.41, 5.74) is -0.161. The van der Waals surface area contributed by atoms with Gasteiger partial charge >= 0.3 is 5.97 Å². The lowest BCUT2D eigenvalue weighted by Crippen LogP contribution is -2.48. The number of rotatable bonds is 4. The van der Waals surface area contributed by atoms with E-state index >= 15 is 0 Å². The van der Waals surface area contributed by atoms with Gasteiger partial charge in [0, 0.05) is 25.1 Å². The van der Waals surface area contributed by atoms with Crippen LogP contribution in [0, 0.1) is 16.0 Å². The second kappa shape index (κ2) is 4.77. The van der Waals surface area contributed by atoms with Crippen molar-refractivity contribution in [2.24, 2.45) is 5.92 Å². The minimum Gasteiger partial charge on any atom is -0.481 e. The van der Waals surface area contributed by atoms with Crippen LogP contribution in [0.25, 0.3) is 0 Å². The van der Waals surface area contributed by atoms with Crippen molar-refractivity contribution < 1.29 is 14.8 Å². The Bertz CT molecular complexity index is 502. The molecule has 1 fully saturated rings. The molecular formula is C10H10ClN3O4. The summed E-state index contributed by atoms with van der Waals surface area (Å²) in [7, 11) is 0. The first-order chi connectivity index (χ1) is 8.47. The van der Waals surface area contributed by atoms with E-state index < -0.39 is 10.9 Å². The second-order valence-corrected chi connectivity index (χ2v) is 4.53. The van der Waals surface area contributed by atoms with E-state index in [2.05, 4.69) is 4.98 Å². The van der Waals surface area contributed by atoms with E-state index in [1.807, 2.05) is 0 Å². The monoisotopic (exact) mass is 271 g/mol. The molecule has 0 bridgehead atoms. The maximum Gasteiger partial charge on any atom is 0.303 e. The van der Waals surface area contributed by atoms with Gasteiger partial charge in [-0.2, -0.15) is 0 Å². The van der Waals surface area contributed by atoms with Gasteiger partial charge < -0.3 is 10.0 Å². The van der Waals surface area contributed by atoms with Gasteiger partial charge in [0.05, 0.1) is 16.4 Å². The van der Waals surface area contributed by atoms with Crippen LogP contribution in [-0.2, 0) is 4.79 Å². The molecule has 2 heterocycles. The molecule has 18 heavy (non-hydrogen) atoms. The Labute approximate surface area is 107 Å². The third-order valence-electron chi connectivity index (χ3n) is 2.74. The van der Waals surface area contributed by atoms with Crippen LogP contribution in [0.1, 0.15) is 6.42 Å². The van der Waals surface area contributed by atoms with Crippen LogP contribution in [0.2, 0.25) is 5.02 Å². The summed E-state index contributed by atoms with van der Waals surface area (Å²) in [4.78, 5) is 26.2. The summed E-state index contributed by atoms with van der Waals surface area (Å²) in [5, 5.41) is 19.3. The Morgan fingerprint density at radius 3 is 2.83 bits per heavy atom. The van der Waals surface area contributed by atoms with E-state index in [1.54, 1.807) is 4.90 Å². The number of carboxylic acid groups (broad SMARTS) is 1. The van der Waals surface area contributed by atoms with Gasteiger partial charge in [-0.15, -0.1) is 0 Å². The molecule has 0 atom stereocenters. The predicted octanol–water partition coefficient (Wildman–Crippen LogP) is 1.55. The third kappa shape index (κ3) is 2.51. The SMILES string of the molecule is O=C(O)CC1CN(c2ncc([N+](=O)[O-])cc2Cl)C1. The summed E-state index contributed by atoms with van der Waals surface area (Å²) in [6.07, 6.45) is 1.26. The van der Waals surface area contributed by atoms with E-state index in [0.717, 1.165) is 6.20 Å². The number of nitrogens with zero attached hydrogens (tertiary/aromatic N) is 3. The minimum absolute atomic E-state index is 0.0792. The number of hydrogen-bond acceptors (Lipinski definition) is 5. The van der Waals surface area contributed by atoms with Crippen molar-refractivity contribution in [2.75, 3.05) is 18.0 Å². The number of carboxylic acids is 1. The molecule has 7 nitrogen and oxygen atoms in total. The molecule has 2 rings (SSSR count). The lowest BCUT2D eigenvalue weighted by atomic mass is 9.96. The predicted molar refractivity (Wildman–Crippen MR) is 63.9 cm³/mol. The van der Waals surface area contributed by atoms with E-state index in [4.69, 9.17) is 16.7 Å². The molecule has 1 N–H and O–H groups in total. The number of aliphatic carboxylic acids is 1. The van der Waals surface area contributed by atoms with Gasteiger partial charge in [-0.05, 0) is 0 Å². The molecule has 1 aliphatic rings. The Hall–Kier alpha value is -1.89. The quantitative estimate of drug-likeness (QED) is 0.659. The molecule has 1 aliphatic heterocycles. The molecule has 0 spiro atoms. The normalized spacial score (nSPS) is 15.3. The van der Waals surface area contributed by atoms with Crippen molar-refractivity contribution in [1.29, 1.82) is 0 Å². The number of anilines is 1. The van der Waals surface area contributed by atoms with Gasteiger partial charge in [0.1, 0.15) is 12.0 Å². The molecule has 0 aromatic carbocycles. The van der Waals surface area contributed by atoms with Gasteiger partial charge in [-0.3, -0.25) is 14.9 Å². The molecule has 0 unspecified atom stereocenters. The summed E-state index contributed by atoms with van der Waals surface area (Å²) in [6, 6.07) is 1.24. The van der Waals surface area contributed by atoms with Crippen LogP contribution in [0.3, 0.4) is 0 Å². The van der Waals surface area contributed by atoms with Gasteiger partial charge in [0.25, 0.3) is 5.69 Å². The van der Waals surface area contributed by atoms with E-state index in [1.165, 1.54) is 6.07 Å². The summed E-state index contributed by atoms with van der Waals surface area (Å²) < 4.78 is 0. The number of nitro groups is 1. The highest BCUT2D eigenvalue weighted by Gasteiger charge is 2.31. The molecule has 96 valence electrons. The van der Waals surface area contributed by atoms with Crippen LogP contribution in [0.4, 0.5) is 11.5 Å². The first-order valence-corrected chi connectivity index (χ1v) is 5.62. The fourth-order valence-electron chi connectivity index (χ4n) is 1.87. The third-order valence-corrected chi connectivity index (χ3v) is 3.02. The average molecular weight is 272 g/mol. The van der Waals surface area contributed by atoms with Gasteiger partial charge in [0.2, 0.25) is 0 Å². The van der Waals surface area contributed by atoms with Crippen LogP contribution in [-0.4, -0.2) is 34.1 Å². The molecule has 1 saturated heterocycles. The standard InChI is InChI=1S/C10H10ClN3O4/c11-8-2-7(14(17)18)3-12-10(8)13-4-6(5-13)1-9(15)16/h2-3,6H,1,4-5H2,(H,15,16). The van der Waals surface area contributed by atoms with Gasteiger partial charge in [-0.25, -0.2) is 4.98 Å². The number of carbonyl (C=O) groups is 1. The highest BCUT2D eigenvalue weighted by Crippen LogP contribution is 2.32. The maximum atomic E-state index is 10.5. The van der Waals surface area contributed by atoms with Gasteiger partial charge in [-0.1, -0.05) is 11.6 Å². The first kappa shape index (κ1) is 12.6. The van der Waals surface area contributed by atoms with E-state index in [-0.39, 0.29) is 23.0 Å². The summed E-state index contributed by atoms with van der Waals surface area (Å²) in [6.45, 7) is 1.10. The highest BCUT2D eigenvalue weighted by molar-refractivity contribution is 6.33. The highest BCUT2D eigenvalue weighted by atomic mass is 35.5. The zero-order valence-corrected chi connectivity index (χ0v) is 10.0. The van der Waals surface area contributed by atoms with Crippen LogP contribution >= 0.6 is 11.6 Å². The number of halogens is 1. The Morgan fingerprint density at radius 1 is 1.67 bits per heavy atom. The van der Waals surface area contributed by atoms with Gasteiger partial charge in [0.15, 0.2) is 0 Å². The van der Waals surface area contributed by atoms with Crippen molar-refractivity contribution >= 4 is 29.1 Å². The number of hydrogen-bond donors (Lipinski definition) is 1. The fourth-order valence-corrected chi connectivity index (χ4v) is 2.15. The Kier molecular flexibility index (Phi) is 3.33. The molecule has 0 saturated carbocycles. The number of pyridine rings is 1. The Balaban J connectivity index is 2.04. The molecule has 0 amide bonds. The number of aromatic nitrogens is 1. The molecule has 0 radical (unpaired) electrons. The first-order valence-electron chi connectivity index (χ1n) is 5.24. The molecule has 0 aliphatic carbocycles. The van der Waals surface area contributed by atoms with Crippen molar-refractivity contribution in [1.82, 2.24) is 4.98 Å². The van der Waals surface area contributed by atoms with Crippen LogP contribution in [0.15, 0.2) is 12.3 Å².